The van der Waals surface area contributed by atoms with E-state index in [1.165, 1.54) is 10.8 Å². The summed E-state index contributed by atoms with van der Waals surface area (Å²) in [5.41, 5.74) is 5.26. The molecule has 110 valence electrons. The second kappa shape index (κ2) is 6.58. The van der Waals surface area contributed by atoms with Crippen LogP contribution in [0.15, 0.2) is 54.2 Å². The maximum atomic E-state index is 12.4. The molecule has 1 aliphatic rings. The molecule has 0 spiro atoms. The summed E-state index contributed by atoms with van der Waals surface area (Å²) in [5.74, 6) is 0.608. The molecule has 0 amide bonds. The number of fused-ring (bicyclic) bond motifs is 1. The molecule has 0 fully saturated rings. The van der Waals surface area contributed by atoms with Gasteiger partial charge in [0.05, 0.1) is 21.7 Å². The molecule has 1 aliphatic heterocycles. The van der Waals surface area contributed by atoms with E-state index in [2.05, 4.69) is 30.0 Å². The van der Waals surface area contributed by atoms with Gasteiger partial charge in [0.25, 0.3) is 0 Å². The van der Waals surface area contributed by atoms with E-state index in [-0.39, 0.29) is 15.3 Å². The minimum atomic E-state index is -0.195. The molecule has 0 bridgehead atoms. The Kier molecular flexibility index (Phi) is 4.35. The van der Waals surface area contributed by atoms with Crippen molar-refractivity contribution in [3.05, 3.63) is 70.9 Å². The van der Waals surface area contributed by atoms with Crippen LogP contribution in [-0.4, -0.2) is 21.9 Å². The van der Waals surface area contributed by atoms with Crippen LogP contribution in [0.3, 0.4) is 0 Å². The lowest BCUT2D eigenvalue weighted by molar-refractivity contribution is 0.104. The Hall–Kier alpha value is -2.39. The van der Waals surface area contributed by atoms with Gasteiger partial charge in [0.15, 0.2) is 5.78 Å². The van der Waals surface area contributed by atoms with Crippen molar-refractivity contribution >= 4 is 32.6 Å². The Bertz CT molecular complexity index is 760. The lowest BCUT2D eigenvalue weighted by Gasteiger charge is -2.07. The predicted molar refractivity (Wildman–Crippen MR) is 94.6 cm³/mol. The van der Waals surface area contributed by atoms with Crippen molar-refractivity contribution in [2.45, 2.75) is 6.92 Å². The number of ketones is 1. The molecule has 0 aromatic heterocycles. The number of carbonyl (C=O) groups excluding carboxylic acids is 1. The molecular weight excluding hydrogens is 288 g/mol. The van der Waals surface area contributed by atoms with Crippen molar-refractivity contribution in [1.82, 2.24) is 0 Å². The Morgan fingerprint density at radius 2 is 2.09 bits per heavy atom. The molecule has 2 aromatic carbocycles. The molecule has 0 saturated heterocycles. The molecule has 0 unspecified atom stereocenters. The molecule has 3 heteroatoms. The van der Waals surface area contributed by atoms with Crippen LogP contribution in [0.25, 0.3) is 12.2 Å². The zero-order chi connectivity index (χ0) is 15.4. The zero-order valence-corrected chi connectivity index (χ0v) is 14.0. The van der Waals surface area contributed by atoms with Crippen molar-refractivity contribution in [3.8, 4) is 5.75 Å². The van der Waals surface area contributed by atoms with Gasteiger partial charge in [-0.2, -0.15) is 0 Å². The molecule has 2 nitrogen and oxygen atoms in total. The standard InChI is InChI=1S/C19H18O2Si/c1-2-21-18-6-4-3-5-16(18)17(20)9-7-14-8-10-19-15(13-14)11-12-22-19/h3-13H,2,22H2,1H3/b9-7+. The Morgan fingerprint density at radius 3 is 2.95 bits per heavy atom. The second-order valence-electron chi connectivity index (χ2n) is 5.19. The molecule has 0 N–H and O–H groups in total. The fourth-order valence-electron chi connectivity index (χ4n) is 2.58. The quantitative estimate of drug-likeness (QED) is 0.482. The number of hydrogen-bond donors (Lipinski definition) is 0. The van der Waals surface area contributed by atoms with Gasteiger partial charge in [-0.25, -0.2) is 0 Å². The molecular formula is C19H18O2Si. The van der Waals surface area contributed by atoms with Crippen LogP contribution in [0.5, 0.6) is 5.75 Å². The van der Waals surface area contributed by atoms with Gasteiger partial charge in [-0.3, -0.25) is 4.79 Å². The third-order valence-corrected chi connectivity index (χ3v) is 5.24. The lowest BCUT2D eigenvalue weighted by Crippen LogP contribution is -2.10. The highest BCUT2D eigenvalue weighted by molar-refractivity contribution is 6.62. The lowest BCUT2D eigenvalue weighted by atomic mass is 10.1. The maximum Gasteiger partial charge on any atom is 0.189 e. The summed E-state index contributed by atoms with van der Waals surface area (Å²) < 4.78 is 5.51. The molecule has 0 saturated carbocycles. The van der Waals surface area contributed by atoms with Gasteiger partial charge in [-0.15, -0.1) is 0 Å². The zero-order valence-electron chi connectivity index (χ0n) is 12.6. The molecule has 0 radical (unpaired) electrons. The first-order valence-electron chi connectivity index (χ1n) is 7.51. The van der Waals surface area contributed by atoms with Crippen LogP contribution in [0.4, 0.5) is 0 Å². The van der Waals surface area contributed by atoms with Gasteiger partial charge in [0.2, 0.25) is 0 Å². The summed E-state index contributed by atoms with van der Waals surface area (Å²) in [6.07, 6.45) is 5.68. The van der Waals surface area contributed by atoms with Crippen molar-refractivity contribution in [1.29, 1.82) is 0 Å². The van der Waals surface area contributed by atoms with E-state index < -0.39 is 0 Å². The van der Waals surface area contributed by atoms with Gasteiger partial charge in [0, 0.05) is 0 Å². The molecule has 1 heterocycles. The molecule has 0 aliphatic carbocycles. The van der Waals surface area contributed by atoms with E-state index in [4.69, 9.17) is 4.74 Å². The highest BCUT2D eigenvalue weighted by Gasteiger charge is 2.09. The number of ether oxygens (including phenoxy) is 1. The minimum Gasteiger partial charge on any atom is -0.493 e. The van der Waals surface area contributed by atoms with Gasteiger partial charge in [0.1, 0.15) is 5.75 Å². The monoisotopic (exact) mass is 306 g/mol. The van der Waals surface area contributed by atoms with Crippen LogP contribution >= 0.6 is 0 Å². The summed E-state index contributed by atoms with van der Waals surface area (Å²) in [4.78, 5) is 12.4. The summed E-state index contributed by atoms with van der Waals surface area (Å²) in [6.45, 7) is 2.47. The Balaban J connectivity index is 1.81. The van der Waals surface area contributed by atoms with Crippen molar-refractivity contribution < 1.29 is 9.53 Å². The molecule has 0 atom stereocenters. The summed E-state index contributed by atoms with van der Waals surface area (Å²) in [5, 5.41) is 1.48. The summed E-state index contributed by atoms with van der Waals surface area (Å²) in [6, 6.07) is 13.8. The fourth-order valence-corrected chi connectivity index (χ4v) is 3.92. The van der Waals surface area contributed by atoms with E-state index in [0.717, 1.165) is 5.56 Å². The Labute approximate surface area is 133 Å². The van der Waals surface area contributed by atoms with Gasteiger partial charge in [-0.05, 0) is 42.3 Å². The predicted octanol–water partition coefficient (Wildman–Crippen LogP) is 2.76. The minimum absolute atomic E-state index is 0.0329. The van der Waals surface area contributed by atoms with Crippen molar-refractivity contribution in [2.24, 2.45) is 0 Å². The third kappa shape index (κ3) is 3.10. The number of hydrogen-bond acceptors (Lipinski definition) is 2. The first-order chi connectivity index (χ1) is 10.8. The topological polar surface area (TPSA) is 26.3 Å². The second-order valence-corrected chi connectivity index (χ2v) is 6.83. The molecule has 3 rings (SSSR count). The van der Waals surface area contributed by atoms with Gasteiger partial charge < -0.3 is 4.74 Å². The highest BCUT2D eigenvalue weighted by Crippen LogP contribution is 2.19. The van der Waals surface area contributed by atoms with E-state index in [1.54, 1.807) is 12.1 Å². The number of para-hydroxylation sites is 1. The number of rotatable bonds is 5. The van der Waals surface area contributed by atoms with Gasteiger partial charge in [-0.1, -0.05) is 47.3 Å². The van der Waals surface area contributed by atoms with Crippen LogP contribution in [0.1, 0.15) is 28.4 Å². The van der Waals surface area contributed by atoms with Crippen molar-refractivity contribution in [2.75, 3.05) is 6.61 Å². The number of benzene rings is 2. The Morgan fingerprint density at radius 1 is 1.23 bits per heavy atom. The summed E-state index contributed by atoms with van der Waals surface area (Å²) in [7, 11) is -0.195. The average molecular weight is 306 g/mol. The first kappa shape index (κ1) is 14.5. The molecule has 2 aromatic rings. The average Bonchev–Trinajstić information content (AvgIpc) is 3.01. The number of carbonyl (C=O) groups is 1. The van der Waals surface area contributed by atoms with Crippen LogP contribution < -0.4 is 9.92 Å². The van der Waals surface area contributed by atoms with Crippen LogP contribution in [0, 0.1) is 0 Å². The largest absolute Gasteiger partial charge is 0.493 e. The normalized spacial score (nSPS) is 13.7. The van der Waals surface area contributed by atoms with Crippen LogP contribution in [0.2, 0.25) is 0 Å². The third-order valence-electron chi connectivity index (χ3n) is 3.68. The van der Waals surface area contributed by atoms with Gasteiger partial charge >= 0.3 is 0 Å². The van der Waals surface area contributed by atoms with Crippen molar-refractivity contribution in [3.63, 3.8) is 0 Å². The first-order valence-corrected chi connectivity index (χ1v) is 9.04. The van der Waals surface area contributed by atoms with E-state index in [0.29, 0.717) is 17.9 Å². The SMILES string of the molecule is CCOc1ccccc1C(=O)/C=C/c1ccc2c(c1)C=C[SiH2]2. The van der Waals surface area contributed by atoms with E-state index >= 15 is 0 Å². The van der Waals surface area contributed by atoms with E-state index in [9.17, 15) is 4.79 Å². The van der Waals surface area contributed by atoms with E-state index in [1.807, 2.05) is 31.2 Å². The van der Waals surface area contributed by atoms with Crippen LogP contribution in [-0.2, 0) is 0 Å². The smallest absolute Gasteiger partial charge is 0.189 e. The maximum absolute atomic E-state index is 12.4. The highest BCUT2D eigenvalue weighted by atomic mass is 28.2. The summed E-state index contributed by atoms with van der Waals surface area (Å²) >= 11 is 0. The number of allylic oxidation sites excluding steroid dienone is 1. The molecule has 22 heavy (non-hydrogen) atoms. The fraction of sp³-hybridized carbons (Fsp3) is 0.105.